The van der Waals surface area contributed by atoms with Crippen molar-refractivity contribution in [3.05, 3.63) is 206 Å². The summed E-state index contributed by atoms with van der Waals surface area (Å²) in [4.78, 5) is 16.2. The third-order valence-corrected chi connectivity index (χ3v) is 14.0. The molecule has 0 spiro atoms. The summed E-state index contributed by atoms with van der Waals surface area (Å²) in [7, 11) is 0. The van der Waals surface area contributed by atoms with Crippen molar-refractivity contribution in [3.63, 3.8) is 0 Å². The molecule has 0 atom stereocenters. The van der Waals surface area contributed by atoms with E-state index in [1.807, 2.05) is 29.5 Å². The second-order valence-corrected chi connectivity index (χ2v) is 17.5. The van der Waals surface area contributed by atoms with Crippen LogP contribution < -0.4 is 0 Å². The maximum absolute atomic E-state index is 5.52. The lowest BCUT2D eigenvalue weighted by molar-refractivity contribution is 0.950. The molecule has 14 rings (SSSR count). The molecule has 298 valence electrons. The highest BCUT2D eigenvalue weighted by molar-refractivity contribution is 7.25. The van der Waals surface area contributed by atoms with Crippen molar-refractivity contribution >= 4 is 96.9 Å². The summed E-state index contributed by atoms with van der Waals surface area (Å²) in [5.41, 5.74) is 10.6. The van der Waals surface area contributed by atoms with Crippen LogP contribution in [-0.4, -0.2) is 28.7 Å². The third kappa shape index (κ3) is 5.04. The molecule has 0 amide bonds. The lowest BCUT2D eigenvalue weighted by atomic mass is 10.0. The monoisotopic (exact) mass is 834 g/mol. The Labute approximate surface area is 370 Å². The summed E-state index contributed by atoms with van der Waals surface area (Å²) in [5.74, 6) is 1.78. The van der Waals surface area contributed by atoms with Crippen LogP contribution >= 0.6 is 11.3 Å². The minimum atomic E-state index is 0.554. The van der Waals surface area contributed by atoms with Gasteiger partial charge in [-0.3, -0.25) is 4.57 Å². The van der Waals surface area contributed by atoms with Gasteiger partial charge in [-0.15, -0.1) is 11.3 Å². The van der Waals surface area contributed by atoms with Crippen molar-refractivity contribution in [1.82, 2.24) is 28.7 Å². The van der Waals surface area contributed by atoms with E-state index in [1.165, 1.54) is 41.7 Å². The number of nitrogens with zero attached hydrogens (tertiary/aromatic N) is 6. The van der Waals surface area contributed by atoms with Gasteiger partial charge in [0, 0.05) is 69.3 Å². The first kappa shape index (κ1) is 35.2. The maximum atomic E-state index is 5.52. The minimum absolute atomic E-state index is 0.554. The number of benzene rings is 9. The van der Waals surface area contributed by atoms with E-state index < -0.39 is 0 Å². The van der Waals surface area contributed by atoms with Crippen molar-refractivity contribution in [3.8, 4) is 40.1 Å². The first-order valence-electron chi connectivity index (χ1n) is 21.5. The second-order valence-electron chi connectivity index (χ2n) is 16.4. The summed E-state index contributed by atoms with van der Waals surface area (Å²) >= 11 is 1.81. The van der Waals surface area contributed by atoms with Gasteiger partial charge in [0.1, 0.15) is 0 Å². The Balaban J connectivity index is 1.18. The van der Waals surface area contributed by atoms with Gasteiger partial charge in [0.2, 0.25) is 5.95 Å². The fourth-order valence-electron chi connectivity index (χ4n) is 10.2. The Morgan fingerprint density at radius 3 is 1.53 bits per heavy atom. The molecular formula is C57H34N6S. The number of para-hydroxylation sites is 5. The van der Waals surface area contributed by atoms with Gasteiger partial charge in [-0.2, -0.15) is 9.97 Å². The van der Waals surface area contributed by atoms with E-state index in [0.29, 0.717) is 17.6 Å². The molecule has 64 heavy (non-hydrogen) atoms. The number of hydrogen-bond donors (Lipinski definition) is 0. The zero-order valence-corrected chi connectivity index (χ0v) is 35.0. The van der Waals surface area contributed by atoms with Crippen LogP contribution in [0.15, 0.2) is 206 Å². The lowest BCUT2D eigenvalue weighted by Gasteiger charge is -2.16. The molecule has 0 N–H and O–H groups in total. The van der Waals surface area contributed by atoms with Crippen LogP contribution in [-0.2, 0) is 0 Å². The molecule has 0 fully saturated rings. The van der Waals surface area contributed by atoms with Crippen LogP contribution in [0.2, 0.25) is 0 Å². The molecule has 7 heteroatoms. The zero-order chi connectivity index (χ0) is 41.9. The number of fused-ring (bicyclic) bond motifs is 13. The van der Waals surface area contributed by atoms with E-state index in [1.54, 1.807) is 0 Å². The SMILES string of the molecule is c1ccc(-c2nc(-c3ccc4sc5ccccc5c4c3)nc(-n3c4ccccc4c4c5c6ccccc6n(-c6ccccc6)c5cc(-n5c6ccccc6c6ccccc65)c43)n2)cc1. The van der Waals surface area contributed by atoms with Crippen LogP contribution in [0.5, 0.6) is 0 Å². The third-order valence-electron chi connectivity index (χ3n) is 12.9. The van der Waals surface area contributed by atoms with E-state index in [-0.39, 0.29) is 0 Å². The normalized spacial score (nSPS) is 12.1. The molecule has 9 aromatic carbocycles. The van der Waals surface area contributed by atoms with E-state index in [0.717, 1.165) is 66.4 Å². The van der Waals surface area contributed by atoms with E-state index >= 15 is 0 Å². The predicted octanol–water partition coefficient (Wildman–Crippen LogP) is 14.9. The van der Waals surface area contributed by atoms with E-state index in [2.05, 4.69) is 202 Å². The molecule has 14 aromatic rings. The number of hydrogen-bond acceptors (Lipinski definition) is 4. The van der Waals surface area contributed by atoms with Crippen molar-refractivity contribution in [2.45, 2.75) is 0 Å². The Morgan fingerprint density at radius 2 is 0.844 bits per heavy atom. The summed E-state index contributed by atoms with van der Waals surface area (Å²) < 4.78 is 9.67. The highest BCUT2D eigenvalue weighted by atomic mass is 32.1. The smallest absolute Gasteiger partial charge is 0.238 e. The van der Waals surface area contributed by atoms with Crippen LogP contribution in [0.3, 0.4) is 0 Å². The van der Waals surface area contributed by atoms with Crippen molar-refractivity contribution < 1.29 is 0 Å². The molecule has 5 aromatic heterocycles. The number of aromatic nitrogens is 6. The molecule has 5 heterocycles. The van der Waals surface area contributed by atoms with Gasteiger partial charge in [0.15, 0.2) is 11.6 Å². The molecule has 0 saturated heterocycles. The van der Waals surface area contributed by atoms with Crippen molar-refractivity contribution in [1.29, 1.82) is 0 Å². The molecule has 0 saturated carbocycles. The highest BCUT2D eigenvalue weighted by Crippen LogP contribution is 2.47. The first-order chi connectivity index (χ1) is 31.8. The van der Waals surface area contributed by atoms with Crippen LogP contribution in [0.25, 0.3) is 126 Å². The maximum Gasteiger partial charge on any atom is 0.238 e. The van der Waals surface area contributed by atoms with Gasteiger partial charge >= 0.3 is 0 Å². The second kappa shape index (κ2) is 13.6. The van der Waals surface area contributed by atoms with Crippen LogP contribution in [0.1, 0.15) is 0 Å². The quantitative estimate of drug-likeness (QED) is 0.174. The van der Waals surface area contributed by atoms with Crippen molar-refractivity contribution in [2.75, 3.05) is 0 Å². The van der Waals surface area contributed by atoms with Crippen LogP contribution in [0, 0.1) is 0 Å². The van der Waals surface area contributed by atoms with Gasteiger partial charge in [-0.05, 0) is 66.7 Å². The molecule has 0 bridgehead atoms. The first-order valence-corrected chi connectivity index (χ1v) is 22.4. The largest absolute Gasteiger partial charge is 0.309 e. The summed E-state index contributed by atoms with van der Waals surface area (Å²) in [6, 6.07) is 73.7. The molecule has 6 nitrogen and oxygen atoms in total. The number of thiophene rings is 1. The van der Waals surface area contributed by atoms with Crippen LogP contribution in [0.4, 0.5) is 0 Å². The summed E-state index contributed by atoms with van der Waals surface area (Å²) in [6.45, 7) is 0. The van der Waals surface area contributed by atoms with Gasteiger partial charge < -0.3 is 9.13 Å². The Kier molecular flexibility index (Phi) is 7.46. The van der Waals surface area contributed by atoms with Gasteiger partial charge in [-0.25, -0.2) is 4.98 Å². The van der Waals surface area contributed by atoms with Gasteiger partial charge in [0.05, 0.1) is 38.8 Å². The zero-order valence-electron chi connectivity index (χ0n) is 34.2. The topological polar surface area (TPSA) is 53.5 Å². The average molecular weight is 835 g/mol. The Bertz CT molecular complexity index is 4140. The highest BCUT2D eigenvalue weighted by Gasteiger charge is 2.27. The van der Waals surface area contributed by atoms with Gasteiger partial charge in [0.25, 0.3) is 0 Å². The summed E-state index contributed by atoms with van der Waals surface area (Å²) in [5, 5.41) is 9.45. The molecular weight excluding hydrogens is 801 g/mol. The fourth-order valence-corrected chi connectivity index (χ4v) is 11.3. The Morgan fingerprint density at radius 1 is 0.328 bits per heavy atom. The van der Waals surface area contributed by atoms with Crippen molar-refractivity contribution in [2.24, 2.45) is 0 Å². The standard InChI is InChI=1S/C57H34N6S/c1-3-17-35(18-4-1)55-58-56(36-31-32-51-43(33-36)40-23-11-16-30-50(40)64-51)60-57(59-55)63-47-29-15-10-25-42(47)53-52-41-24-9-14-28-46(41)61(37-19-5-2-6-20-37)48(52)34-49(54(53)63)62-44-26-12-7-21-38(44)39-22-8-13-27-45(39)62/h1-34H. The number of rotatable bonds is 5. The molecule has 0 aliphatic rings. The summed E-state index contributed by atoms with van der Waals surface area (Å²) in [6.07, 6.45) is 0. The fraction of sp³-hybridized carbons (Fsp3) is 0. The van der Waals surface area contributed by atoms with E-state index in [9.17, 15) is 0 Å². The predicted molar refractivity (Wildman–Crippen MR) is 267 cm³/mol. The Hall–Kier alpha value is -8.39. The molecule has 0 radical (unpaired) electrons. The average Bonchev–Trinajstić information content (AvgIpc) is 4.10. The minimum Gasteiger partial charge on any atom is -0.309 e. The van der Waals surface area contributed by atoms with Gasteiger partial charge in [-0.1, -0.05) is 140 Å². The molecule has 0 aliphatic carbocycles. The molecule has 0 aliphatic heterocycles. The van der Waals surface area contributed by atoms with E-state index in [4.69, 9.17) is 15.0 Å². The lowest BCUT2D eigenvalue weighted by Crippen LogP contribution is -2.08. The molecule has 0 unspecified atom stereocenters.